The molecular weight excluding hydrogens is 304 g/mol. The Morgan fingerprint density at radius 3 is 2.81 bits per heavy atom. The van der Waals surface area contributed by atoms with Crippen molar-refractivity contribution in [1.82, 2.24) is 4.98 Å². The number of aromatic amines is 1. The molecule has 2 rings (SSSR count). The van der Waals surface area contributed by atoms with Crippen LogP contribution in [0.5, 0.6) is 0 Å². The van der Waals surface area contributed by atoms with E-state index in [0.717, 1.165) is 19.9 Å². The van der Waals surface area contributed by atoms with Crippen LogP contribution in [0, 0.1) is 22.9 Å². The molecule has 2 aromatic rings. The van der Waals surface area contributed by atoms with Gasteiger partial charge in [0.05, 0.1) is 19.9 Å². The van der Waals surface area contributed by atoms with Crippen LogP contribution in [0.4, 0.5) is 0 Å². The predicted octanol–water partition coefficient (Wildman–Crippen LogP) is 4.42. The number of hydrogen-bond donors (Lipinski definition) is 1. The summed E-state index contributed by atoms with van der Waals surface area (Å²) in [7, 11) is 0. The molecule has 16 heavy (non-hydrogen) atoms. The quantitative estimate of drug-likeness (QED) is 0.792. The molecule has 0 saturated heterocycles. The number of aryl methyl sites for hydroxylation is 1. The zero-order chi connectivity index (χ0) is 11.7. The molecule has 0 aromatic carbocycles. The van der Waals surface area contributed by atoms with Crippen molar-refractivity contribution < 1.29 is 0 Å². The van der Waals surface area contributed by atoms with Crippen LogP contribution in [0.3, 0.4) is 0 Å². The van der Waals surface area contributed by atoms with Crippen LogP contribution in [0.15, 0.2) is 22.0 Å². The zero-order valence-electron chi connectivity index (χ0n) is 8.37. The number of nitrogens with one attached hydrogen (secondary N) is 1. The van der Waals surface area contributed by atoms with Gasteiger partial charge in [-0.2, -0.15) is 5.26 Å². The van der Waals surface area contributed by atoms with Crippen LogP contribution in [0.25, 0.3) is 10.6 Å². The summed E-state index contributed by atoms with van der Waals surface area (Å²) in [5, 5.41) is 8.87. The molecule has 2 heterocycles. The van der Waals surface area contributed by atoms with Crippen LogP contribution in [0.1, 0.15) is 11.1 Å². The Morgan fingerprint density at radius 2 is 2.25 bits per heavy atom. The second-order valence-electron chi connectivity index (χ2n) is 3.29. The van der Waals surface area contributed by atoms with Crippen LogP contribution < -0.4 is 0 Å². The maximum absolute atomic E-state index is 8.87. The molecule has 0 aliphatic heterocycles. The lowest BCUT2D eigenvalue weighted by Gasteiger charge is -2.04. The highest BCUT2D eigenvalue weighted by atomic mass is 79.9. The highest BCUT2D eigenvalue weighted by Crippen LogP contribution is 2.32. The SMILES string of the molecule is Cc1cc(C#N)c(=S)[nH]c1-c1ccc(Br)s1. The van der Waals surface area contributed by atoms with Crippen LogP contribution in [-0.4, -0.2) is 4.98 Å². The first kappa shape index (κ1) is 11.5. The average Bonchev–Trinajstić information content (AvgIpc) is 2.67. The Kier molecular flexibility index (Phi) is 3.24. The molecule has 0 bridgehead atoms. The van der Waals surface area contributed by atoms with Crippen molar-refractivity contribution >= 4 is 39.5 Å². The first-order valence-corrected chi connectivity index (χ1v) is 6.53. The molecule has 0 aliphatic rings. The molecule has 1 N–H and O–H groups in total. The van der Waals surface area contributed by atoms with Crippen molar-refractivity contribution in [2.24, 2.45) is 0 Å². The number of pyridine rings is 1. The lowest BCUT2D eigenvalue weighted by atomic mass is 10.1. The molecule has 0 atom stereocenters. The first-order chi connectivity index (χ1) is 7.61. The highest BCUT2D eigenvalue weighted by molar-refractivity contribution is 9.11. The summed E-state index contributed by atoms with van der Waals surface area (Å²) < 4.78 is 1.57. The largest absolute Gasteiger partial charge is 0.344 e. The molecule has 2 aromatic heterocycles. The van der Waals surface area contributed by atoms with Gasteiger partial charge < -0.3 is 4.98 Å². The van der Waals surface area contributed by atoms with Gasteiger partial charge in [0, 0.05) is 0 Å². The predicted molar refractivity (Wildman–Crippen MR) is 72.1 cm³/mol. The zero-order valence-corrected chi connectivity index (χ0v) is 11.6. The van der Waals surface area contributed by atoms with Gasteiger partial charge in [0.15, 0.2) is 0 Å². The molecule has 0 radical (unpaired) electrons. The van der Waals surface area contributed by atoms with Crippen molar-refractivity contribution in [3.05, 3.63) is 37.8 Å². The van der Waals surface area contributed by atoms with Crippen molar-refractivity contribution in [3.63, 3.8) is 0 Å². The van der Waals surface area contributed by atoms with Crippen molar-refractivity contribution in [2.75, 3.05) is 0 Å². The van der Waals surface area contributed by atoms with Gasteiger partial charge in [-0.1, -0.05) is 12.2 Å². The van der Waals surface area contributed by atoms with E-state index in [1.54, 1.807) is 11.3 Å². The summed E-state index contributed by atoms with van der Waals surface area (Å²) in [6, 6.07) is 7.92. The number of rotatable bonds is 1. The maximum atomic E-state index is 8.87. The smallest absolute Gasteiger partial charge is 0.121 e. The van der Waals surface area contributed by atoms with Gasteiger partial charge in [-0.25, -0.2) is 0 Å². The molecule has 0 amide bonds. The van der Waals surface area contributed by atoms with Crippen LogP contribution in [-0.2, 0) is 0 Å². The summed E-state index contributed by atoms with van der Waals surface area (Å²) in [6.07, 6.45) is 0. The van der Waals surface area contributed by atoms with E-state index in [0.29, 0.717) is 10.2 Å². The fourth-order valence-corrected chi connectivity index (χ4v) is 3.08. The highest BCUT2D eigenvalue weighted by Gasteiger charge is 2.07. The molecule has 80 valence electrons. The van der Waals surface area contributed by atoms with Gasteiger partial charge in [-0.15, -0.1) is 11.3 Å². The maximum Gasteiger partial charge on any atom is 0.121 e. The third kappa shape index (κ3) is 2.09. The third-order valence-electron chi connectivity index (χ3n) is 2.18. The number of aromatic nitrogens is 1. The van der Waals surface area contributed by atoms with Gasteiger partial charge in [0.2, 0.25) is 0 Å². The van der Waals surface area contributed by atoms with Gasteiger partial charge in [-0.05, 0) is 46.6 Å². The number of halogens is 1. The van der Waals surface area contributed by atoms with E-state index in [1.165, 1.54) is 0 Å². The lowest BCUT2D eigenvalue weighted by molar-refractivity contribution is 1.24. The van der Waals surface area contributed by atoms with E-state index >= 15 is 0 Å². The standard InChI is InChI=1S/C11H7BrN2S2/c1-6-4-7(5-13)11(15)14-10(6)8-2-3-9(12)16-8/h2-4H,1H3,(H,14,15). The third-order valence-corrected chi connectivity index (χ3v) is 4.14. The fraction of sp³-hybridized carbons (Fsp3) is 0.0909. The summed E-state index contributed by atoms with van der Waals surface area (Å²) in [5.74, 6) is 0. The number of H-pyrrole nitrogens is 1. The van der Waals surface area contributed by atoms with E-state index in [-0.39, 0.29) is 0 Å². The second kappa shape index (κ2) is 4.50. The Morgan fingerprint density at radius 1 is 1.50 bits per heavy atom. The van der Waals surface area contributed by atoms with Crippen molar-refractivity contribution in [1.29, 1.82) is 5.26 Å². The molecule has 0 saturated carbocycles. The van der Waals surface area contributed by atoms with E-state index in [4.69, 9.17) is 17.5 Å². The molecule has 5 heteroatoms. The Hall–Kier alpha value is -0.960. The Bertz CT molecular complexity index is 634. The minimum Gasteiger partial charge on any atom is -0.344 e. The lowest BCUT2D eigenvalue weighted by Crippen LogP contribution is -1.90. The molecule has 0 fully saturated rings. The van der Waals surface area contributed by atoms with Gasteiger partial charge in [-0.3, -0.25) is 0 Å². The summed E-state index contributed by atoms with van der Waals surface area (Å²) in [6.45, 7) is 1.97. The number of thiophene rings is 1. The first-order valence-electron chi connectivity index (χ1n) is 4.51. The fourth-order valence-electron chi connectivity index (χ4n) is 1.42. The van der Waals surface area contributed by atoms with E-state index in [1.807, 2.05) is 25.1 Å². The molecule has 0 spiro atoms. The Labute approximate surface area is 111 Å². The number of nitrogens with zero attached hydrogens (tertiary/aromatic N) is 1. The van der Waals surface area contributed by atoms with Crippen LogP contribution >= 0.6 is 39.5 Å². The minimum atomic E-state index is 0.493. The Balaban J connectivity index is 2.64. The summed E-state index contributed by atoms with van der Waals surface area (Å²) >= 11 is 10.2. The van der Waals surface area contributed by atoms with Gasteiger partial charge >= 0.3 is 0 Å². The summed E-state index contributed by atoms with van der Waals surface area (Å²) in [4.78, 5) is 4.22. The van der Waals surface area contributed by atoms with Gasteiger partial charge in [0.25, 0.3) is 0 Å². The monoisotopic (exact) mass is 310 g/mol. The van der Waals surface area contributed by atoms with Crippen molar-refractivity contribution in [2.45, 2.75) is 6.92 Å². The molecular formula is C11H7BrN2S2. The topological polar surface area (TPSA) is 39.6 Å². The number of hydrogen-bond acceptors (Lipinski definition) is 3. The minimum absolute atomic E-state index is 0.493. The van der Waals surface area contributed by atoms with E-state index in [2.05, 4.69) is 27.0 Å². The summed E-state index contributed by atoms with van der Waals surface area (Å²) in [5.41, 5.74) is 2.53. The van der Waals surface area contributed by atoms with Crippen LogP contribution in [0.2, 0.25) is 0 Å². The normalized spacial score (nSPS) is 10.1. The molecule has 0 unspecified atom stereocenters. The number of nitriles is 1. The van der Waals surface area contributed by atoms with E-state index in [9.17, 15) is 0 Å². The molecule has 2 nitrogen and oxygen atoms in total. The van der Waals surface area contributed by atoms with E-state index < -0.39 is 0 Å². The molecule has 0 aliphatic carbocycles. The average molecular weight is 311 g/mol. The van der Waals surface area contributed by atoms with Crippen molar-refractivity contribution in [3.8, 4) is 16.6 Å². The second-order valence-corrected chi connectivity index (χ2v) is 6.16. The van der Waals surface area contributed by atoms with Gasteiger partial charge in [0.1, 0.15) is 10.7 Å².